The summed E-state index contributed by atoms with van der Waals surface area (Å²) in [4.78, 5) is 112. The number of carboxylic acids is 1. The van der Waals surface area contributed by atoms with Crippen molar-refractivity contribution in [2.45, 2.75) is 39.3 Å². The zero-order valence-corrected chi connectivity index (χ0v) is 64.8. The minimum Gasteiger partial charge on any atom is -0.497 e. The summed E-state index contributed by atoms with van der Waals surface area (Å²) in [6, 6.07) is 41.9. The number of carbonyl (C=O) groups excluding carboxylic acids is 5. The van der Waals surface area contributed by atoms with E-state index in [4.69, 9.17) is 9.47 Å². The smallest absolute Gasteiger partial charge is 0.337 e. The van der Waals surface area contributed by atoms with Crippen molar-refractivity contribution < 1.29 is 65.3 Å². The Morgan fingerprint density at radius 2 is 0.884 bits per heavy atom. The van der Waals surface area contributed by atoms with Gasteiger partial charge in [-0.15, -0.1) is 0 Å². The second-order valence-corrected chi connectivity index (χ2v) is 28.0. The predicted molar refractivity (Wildman–Crippen MR) is 439 cm³/mol. The van der Waals surface area contributed by atoms with Gasteiger partial charge in [-0.1, -0.05) is 54.6 Å². The molecule has 121 heavy (non-hydrogen) atoms. The molecule has 0 aliphatic carbocycles. The quantitative estimate of drug-likeness (QED) is 0.0334. The van der Waals surface area contributed by atoms with Gasteiger partial charge < -0.3 is 60.7 Å². The molecule has 0 unspecified atom stereocenters. The lowest BCUT2D eigenvalue weighted by Gasteiger charge is -2.36. The number of hydrogen-bond acceptors (Lipinski definition) is 18. The summed E-state index contributed by atoms with van der Waals surface area (Å²) in [6.07, 6.45) is 7.87. The normalized spacial score (nSPS) is 12.8. The monoisotopic (exact) mass is 1640 g/mol. The number of aromatic amines is 8. The highest BCUT2D eigenvalue weighted by Gasteiger charge is 2.29. The first kappa shape index (κ1) is 80.6. The number of aromatic nitrogens is 16. The van der Waals surface area contributed by atoms with Gasteiger partial charge in [0, 0.05) is 56.0 Å². The largest absolute Gasteiger partial charge is 0.497 e. The van der Waals surface area contributed by atoms with Crippen molar-refractivity contribution in [3.63, 3.8) is 0 Å². The van der Waals surface area contributed by atoms with Crippen molar-refractivity contribution in [3.8, 4) is 57.6 Å². The molecule has 2 saturated heterocycles. The average Bonchev–Trinajstić information content (AvgIpc) is 1.66. The summed E-state index contributed by atoms with van der Waals surface area (Å²) in [5, 5.41) is 46.7. The molecule has 37 heteroatoms. The highest BCUT2D eigenvalue weighted by Crippen LogP contribution is 2.34. The third kappa shape index (κ3) is 17.6. The van der Waals surface area contributed by atoms with Crippen molar-refractivity contribution in [1.29, 1.82) is 0 Å². The Kier molecular flexibility index (Phi) is 23.7. The number of hydrogen-bond donors (Lipinski definition) is 13. The van der Waals surface area contributed by atoms with Crippen LogP contribution in [0, 0.1) is 29.1 Å². The van der Waals surface area contributed by atoms with Gasteiger partial charge in [0.15, 0.2) is 23.3 Å². The molecule has 0 spiro atoms. The zero-order valence-electron chi connectivity index (χ0n) is 64.8. The topological polar surface area (TPSA) is 428 Å². The molecule has 614 valence electrons. The first-order valence-electron chi connectivity index (χ1n) is 37.8. The van der Waals surface area contributed by atoms with Crippen molar-refractivity contribution in [2.24, 2.45) is 0 Å². The number of nitrogens with one attached hydrogen (secondary N) is 12. The van der Waals surface area contributed by atoms with Gasteiger partial charge in [-0.25, -0.2) is 46.7 Å². The molecule has 0 bridgehead atoms. The number of methoxy groups -OCH3 is 2. The number of amides is 5. The third-order valence-electron chi connectivity index (χ3n) is 20.0. The molecule has 8 aromatic carbocycles. The molecule has 32 nitrogen and oxygen atoms in total. The number of para-hydroxylation sites is 5. The van der Waals surface area contributed by atoms with E-state index in [1.165, 1.54) is 50.1 Å². The lowest BCUT2D eigenvalue weighted by atomic mass is 10.1. The van der Waals surface area contributed by atoms with Gasteiger partial charge in [0.2, 0.25) is 0 Å². The number of rotatable bonds is 19. The Labute approximate surface area is 682 Å². The van der Waals surface area contributed by atoms with Crippen LogP contribution in [-0.4, -0.2) is 196 Å². The van der Waals surface area contributed by atoms with Gasteiger partial charge in [0.1, 0.15) is 80.0 Å². The van der Waals surface area contributed by atoms with E-state index in [0.29, 0.717) is 116 Å². The Morgan fingerprint density at radius 3 is 1.37 bits per heavy atom. The Hall–Kier alpha value is -15.5. The van der Waals surface area contributed by atoms with Crippen LogP contribution in [0.5, 0.6) is 11.5 Å². The fourth-order valence-electron chi connectivity index (χ4n) is 13.8. The molecular formula is C84H74F5N23O9. The maximum Gasteiger partial charge on any atom is 0.337 e. The third-order valence-corrected chi connectivity index (χ3v) is 20.0. The number of carboxylic acid groups (broad SMARTS) is 1. The highest BCUT2D eigenvalue weighted by atomic mass is 19.1. The van der Waals surface area contributed by atoms with Crippen LogP contribution < -0.4 is 30.7 Å². The molecule has 2 aliphatic rings. The molecule has 2 aliphatic heterocycles. The molecule has 5 amide bonds. The van der Waals surface area contributed by atoms with Gasteiger partial charge in [0.25, 0.3) is 29.5 Å². The fraction of sp³-hybridized carbons (Fsp3) is 0.167. The van der Waals surface area contributed by atoms with E-state index in [9.17, 15) is 51.4 Å². The number of piperazine rings is 1. The number of benzene rings is 8. The molecule has 10 heterocycles. The standard InChI is InChI=1S/C25H25F2N7O2.C22H21FN6O.C19H17N5O3.C18H11F2N5O3/c1-14(2)33-8-10-34(11-9-33)25(36)15-6-7-18-19(12-15)30-23(29-18)22-20(13-28-32-22)31-24(35)21-16(26)4-3-5-17(21)27;23-19-14(13-29-10-3-4-11-29)6-5-7-15(19)22(30)27-18-12-24-28-20(18)21-25-16-8-1-2-9-17(16)26-21;1-26-11-7-8-12(16(9-11)27-2)19(25)23-15-10-20-24-17(15)18-21-13-5-3-4-6-14(13)22-18;19-9-4-2-5-10(20)13(9)17(26)23-12-7-21-25-15(12)16-22-11-6-1-3-8(18(27)28)14(11)24-16/h3-7,12-14H,8-11H2,1-2H3,(H,28,32)(H,29,30)(H,31,35);1-2,5-9,12H,3-4,10-11,13H2,(H,24,28)(H,25,26)(H,27,30);3-10H,1-2H3,(H,20,24)(H,21,22)(H,23,25);1-7H,(H,21,25)(H,22,24)(H,23,26)(H,27,28). The first-order chi connectivity index (χ1) is 58.6. The number of imidazole rings is 4. The molecule has 16 aromatic rings. The van der Waals surface area contributed by atoms with Gasteiger partial charge in [-0.3, -0.25) is 54.2 Å². The summed E-state index contributed by atoms with van der Waals surface area (Å²) in [7, 11) is 3.06. The van der Waals surface area contributed by atoms with Crippen LogP contribution in [0.3, 0.4) is 0 Å². The van der Waals surface area contributed by atoms with E-state index in [-0.39, 0.29) is 51.4 Å². The van der Waals surface area contributed by atoms with Crippen molar-refractivity contribution in [3.05, 3.63) is 251 Å². The van der Waals surface area contributed by atoms with Crippen molar-refractivity contribution >= 4 is 102 Å². The number of nitrogens with zero attached hydrogens (tertiary/aromatic N) is 11. The maximum atomic E-state index is 15.0. The summed E-state index contributed by atoms with van der Waals surface area (Å²) >= 11 is 0. The number of aromatic carboxylic acids is 1. The van der Waals surface area contributed by atoms with E-state index in [2.05, 4.69) is 126 Å². The van der Waals surface area contributed by atoms with E-state index in [0.717, 1.165) is 91.4 Å². The van der Waals surface area contributed by atoms with E-state index >= 15 is 4.39 Å². The van der Waals surface area contributed by atoms with Crippen LogP contribution in [0.25, 0.3) is 90.2 Å². The SMILES string of the molecule is CC(C)N1CCN(C(=O)c2ccc3nc(-c4[nH]ncc4NC(=O)c4c(F)cccc4F)[nH]c3c2)CC1.COc1ccc(C(=O)Nc2cn[nH]c2-c2nc3ccccc3[nH]2)c(OC)c1.O=C(Nc1cn[nH]c1-c1nc2c(C(=O)O)cccc2[nH]1)c1c(F)cccc1F.O=C(Nc1cn[nH]c1-c1nc2ccccc2[nH]1)c1cccc(CN2CCCC2)c1F. The van der Waals surface area contributed by atoms with Crippen molar-refractivity contribution in [1.82, 2.24) is 95.4 Å². The molecular weight excluding hydrogens is 1570 g/mol. The lowest BCUT2D eigenvalue weighted by Crippen LogP contribution is -2.50. The van der Waals surface area contributed by atoms with Crippen LogP contribution in [-0.2, 0) is 6.54 Å². The van der Waals surface area contributed by atoms with Crippen LogP contribution in [0.4, 0.5) is 44.7 Å². The molecule has 0 saturated carbocycles. The highest BCUT2D eigenvalue weighted by molar-refractivity contribution is 6.10. The van der Waals surface area contributed by atoms with Gasteiger partial charge in [-0.05, 0) is 137 Å². The predicted octanol–water partition coefficient (Wildman–Crippen LogP) is 14.0. The summed E-state index contributed by atoms with van der Waals surface area (Å²) in [6.45, 7) is 9.76. The number of halogens is 5. The molecule has 2 fully saturated rings. The van der Waals surface area contributed by atoms with Crippen molar-refractivity contribution in [2.75, 3.05) is 74.8 Å². The van der Waals surface area contributed by atoms with Crippen LogP contribution >= 0.6 is 0 Å². The zero-order chi connectivity index (χ0) is 84.5. The van der Waals surface area contributed by atoms with E-state index in [1.54, 1.807) is 67.8 Å². The fourth-order valence-corrected chi connectivity index (χ4v) is 13.8. The minimum atomic E-state index is -1.14. The summed E-state index contributed by atoms with van der Waals surface area (Å²) < 4.78 is 81.1. The number of likely N-dealkylation sites (tertiary alicyclic amines) is 1. The first-order valence-corrected chi connectivity index (χ1v) is 37.8. The second kappa shape index (κ2) is 35.5. The van der Waals surface area contributed by atoms with E-state index in [1.807, 2.05) is 53.4 Å². The number of H-pyrrole nitrogens is 8. The molecule has 13 N–H and O–H groups in total. The van der Waals surface area contributed by atoms with Crippen LogP contribution in [0.15, 0.2) is 183 Å². The maximum absolute atomic E-state index is 15.0. The second-order valence-electron chi connectivity index (χ2n) is 28.0. The average molecular weight is 1640 g/mol. The minimum absolute atomic E-state index is 0.00136. The number of ether oxygens (including phenoxy) is 2. The Morgan fingerprint density at radius 1 is 0.446 bits per heavy atom. The summed E-state index contributed by atoms with van der Waals surface area (Å²) in [5.41, 5.74) is 8.32. The van der Waals surface area contributed by atoms with Crippen LogP contribution in [0.1, 0.15) is 94.4 Å². The van der Waals surface area contributed by atoms with Gasteiger partial charge in [0.05, 0.1) is 117 Å². The lowest BCUT2D eigenvalue weighted by molar-refractivity contribution is 0.0594. The van der Waals surface area contributed by atoms with Crippen LogP contribution in [0.2, 0.25) is 0 Å². The number of carbonyl (C=O) groups is 6. The summed E-state index contributed by atoms with van der Waals surface area (Å²) in [5.74, 6) is -5.69. The molecule has 18 rings (SSSR count). The van der Waals surface area contributed by atoms with Gasteiger partial charge in [-0.2, -0.15) is 20.4 Å². The van der Waals surface area contributed by atoms with E-state index < -0.39 is 63.9 Å². The molecule has 0 radical (unpaired) electrons. The number of anilines is 4. The molecule has 0 atom stereocenters. The Bertz CT molecular complexity index is 6440. The molecule has 8 aromatic heterocycles. The Balaban J connectivity index is 0.000000126. The van der Waals surface area contributed by atoms with Gasteiger partial charge >= 0.3 is 5.97 Å². The number of fused-ring (bicyclic) bond motifs is 4.